The fourth-order valence-corrected chi connectivity index (χ4v) is 1.82. The quantitative estimate of drug-likeness (QED) is 0.652. The molecule has 0 aromatic heterocycles. The molecule has 0 aliphatic rings. The lowest BCUT2D eigenvalue weighted by atomic mass is 10.0. The Bertz CT molecular complexity index is 605. The van der Waals surface area contributed by atoms with E-state index < -0.39 is 5.78 Å². The third-order valence-electron chi connectivity index (χ3n) is 2.71. The fourth-order valence-electron chi connectivity index (χ4n) is 1.82. The number of phenols is 2. The molecule has 96 valence electrons. The van der Waals surface area contributed by atoms with E-state index in [1.54, 1.807) is 13.0 Å². The van der Waals surface area contributed by atoms with Gasteiger partial charge in [-0.1, -0.05) is 36.4 Å². The van der Waals surface area contributed by atoms with Gasteiger partial charge in [0.15, 0.2) is 5.78 Å². The summed E-state index contributed by atoms with van der Waals surface area (Å²) >= 11 is 0. The van der Waals surface area contributed by atoms with E-state index in [1.165, 1.54) is 18.2 Å². The van der Waals surface area contributed by atoms with E-state index in [9.17, 15) is 15.0 Å². The molecule has 0 spiro atoms. The SMILES string of the molecule is Cc1cc(O)c(C(=O)C=Cc2ccccc2)c(O)c1. The summed E-state index contributed by atoms with van der Waals surface area (Å²) in [6, 6.07) is 12.2. The molecule has 3 nitrogen and oxygen atoms in total. The van der Waals surface area contributed by atoms with Crippen molar-refractivity contribution in [1.29, 1.82) is 0 Å². The number of allylic oxidation sites excluding steroid dienone is 1. The van der Waals surface area contributed by atoms with Crippen LogP contribution in [-0.2, 0) is 0 Å². The van der Waals surface area contributed by atoms with Crippen LogP contribution in [0.2, 0.25) is 0 Å². The van der Waals surface area contributed by atoms with Crippen molar-refractivity contribution in [2.45, 2.75) is 6.92 Å². The zero-order valence-corrected chi connectivity index (χ0v) is 10.5. The minimum Gasteiger partial charge on any atom is -0.507 e. The number of carbonyl (C=O) groups excluding carboxylic acids is 1. The van der Waals surface area contributed by atoms with Crippen LogP contribution in [0.5, 0.6) is 11.5 Å². The number of rotatable bonds is 3. The highest BCUT2D eigenvalue weighted by molar-refractivity contribution is 6.10. The van der Waals surface area contributed by atoms with E-state index >= 15 is 0 Å². The molecular weight excluding hydrogens is 240 g/mol. The van der Waals surface area contributed by atoms with E-state index in [0.29, 0.717) is 5.56 Å². The van der Waals surface area contributed by atoms with Crippen molar-refractivity contribution in [3.8, 4) is 11.5 Å². The van der Waals surface area contributed by atoms with Gasteiger partial charge in [0.25, 0.3) is 0 Å². The van der Waals surface area contributed by atoms with E-state index in [0.717, 1.165) is 5.56 Å². The second-order valence-electron chi connectivity index (χ2n) is 4.29. The van der Waals surface area contributed by atoms with Crippen molar-refractivity contribution in [1.82, 2.24) is 0 Å². The van der Waals surface area contributed by atoms with Gasteiger partial charge in [0, 0.05) is 0 Å². The first-order chi connectivity index (χ1) is 9.08. The van der Waals surface area contributed by atoms with Crippen LogP contribution in [0.3, 0.4) is 0 Å². The topological polar surface area (TPSA) is 57.5 Å². The summed E-state index contributed by atoms with van der Waals surface area (Å²) < 4.78 is 0. The van der Waals surface area contributed by atoms with Crippen molar-refractivity contribution in [2.24, 2.45) is 0 Å². The number of carbonyl (C=O) groups is 1. The standard InChI is InChI=1S/C16H14O3/c1-11-9-14(18)16(15(19)10-11)13(17)8-7-12-5-3-2-4-6-12/h2-10,18-19H,1H3. The maximum Gasteiger partial charge on any atom is 0.193 e. The second-order valence-corrected chi connectivity index (χ2v) is 4.29. The Morgan fingerprint density at radius 1 is 1.05 bits per heavy atom. The number of aromatic hydroxyl groups is 2. The van der Waals surface area contributed by atoms with Crippen LogP contribution < -0.4 is 0 Å². The molecular formula is C16H14O3. The highest BCUT2D eigenvalue weighted by atomic mass is 16.3. The van der Waals surface area contributed by atoms with E-state index in [4.69, 9.17) is 0 Å². The number of ketones is 1. The highest BCUT2D eigenvalue weighted by Gasteiger charge is 2.14. The average Bonchev–Trinajstić information content (AvgIpc) is 2.36. The second kappa shape index (κ2) is 5.40. The van der Waals surface area contributed by atoms with Crippen molar-refractivity contribution in [3.63, 3.8) is 0 Å². The lowest BCUT2D eigenvalue weighted by molar-refractivity contribution is 0.104. The molecule has 0 saturated carbocycles. The Kier molecular flexibility index (Phi) is 3.66. The van der Waals surface area contributed by atoms with E-state index in [2.05, 4.69) is 0 Å². The number of hydrogen-bond acceptors (Lipinski definition) is 3. The molecule has 2 rings (SSSR count). The van der Waals surface area contributed by atoms with E-state index in [-0.39, 0.29) is 17.1 Å². The third-order valence-corrected chi connectivity index (χ3v) is 2.71. The molecule has 0 saturated heterocycles. The molecule has 0 heterocycles. The maximum atomic E-state index is 12.0. The Balaban J connectivity index is 2.29. The average molecular weight is 254 g/mol. The van der Waals surface area contributed by atoms with Gasteiger partial charge in [-0.3, -0.25) is 4.79 Å². The van der Waals surface area contributed by atoms with Gasteiger partial charge in [0.05, 0.1) is 0 Å². The van der Waals surface area contributed by atoms with Gasteiger partial charge >= 0.3 is 0 Å². The predicted molar refractivity (Wildman–Crippen MR) is 74.3 cm³/mol. The highest BCUT2D eigenvalue weighted by Crippen LogP contribution is 2.29. The summed E-state index contributed by atoms with van der Waals surface area (Å²) in [7, 11) is 0. The Hall–Kier alpha value is -2.55. The zero-order chi connectivity index (χ0) is 13.8. The van der Waals surface area contributed by atoms with Gasteiger partial charge in [0.2, 0.25) is 0 Å². The van der Waals surface area contributed by atoms with Crippen LogP contribution in [-0.4, -0.2) is 16.0 Å². The molecule has 0 aliphatic carbocycles. The summed E-state index contributed by atoms with van der Waals surface area (Å²) in [5, 5.41) is 19.5. The maximum absolute atomic E-state index is 12.0. The summed E-state index contributed by atoms with van der Waals surface area (Å²) in [5.74, 6) is -0.848. The Labute approximate surface area is 111 Å². The summed E-state index contributed by atoms with van der Waals surface area (Å²) in [4.78, 5) is 12.0. The lowest BCUT2D eigenvalue weighted by Gasteiger charge is -2.05. The lowest BCUT2D eigenvalue weighted by Crippen LogP contribution is -1.96. The summed E-state index contributed by atoms with van der Waals surface area (Å²) in [6.07, 6.45) is 2.97. The van der Waals surface area contributed by atoms with Crippen molar-refractivity contribution < 1.29 is 15.0 Å². The molecule has 2 aromatic rings. The van der Waals surface area contributed by atoms with Crippen LogP contribution in [0.15, 0.2) is 48.5 Å². The molecule has 0 bridgehead atoms. The largest absolute Gasteiger partial charge is 0.507 e. The number of aryl methyl sites for hydroxylation is 1. The molecule has 2 N–H and O–H groups in total. The minimum atomic E-state index is -0.432. The molecule has 0 aliphatic heterocycles. The van der Waals surface area contributed by atoms with Crippen molar-refractivity contribution in [2.75, 3.05) is 0 Å². The van der Waals surface area contributed by atoms with Crippen molar-refractivity contribution >= 4 is 11.9 Å². The van der Waals surface area contributed by atoms with Crippen LogP contribution >= 0.6 is 0 Å². The first-order valence-electron chi connectivity index (χ1n) is 5.88. The normalized spacial score (nSPS) is 10.8. The number of hydrogen-bond donors (Lipinski definition) is 2. The molecule has 0 unspecified atom stereocenters. The zero-order valence-electron chi connectivity index (χ0n) is 10.5. The molecule has 0 fully saturated rings. The molecule has 3 heteroatoms. The molecule has 0 amide bonds. The van der Waals surface area contributed by atoms with Gasteiger partial charge in [-0.15, -0.1) is 0 Å². The third kappa shape index (κ3) is 3.01. The number of phenolic OH excluding ortho intramolecular Hbond substituents is 2. The van der Waals surface area contributed by atoms with Gasteiger partial charge < -0.3 is 10.2 Å². The molecule has 0 radical (unpaired) electrons. The van der Waals surface area contributed by atoms with Crippen LogP contribution in [0.25, 0.3) is 6.08 Å². The van der Waals surface area contributed by atoms with E-state index in [1.807, 2.05) is 30.3 Å². The first-order valence-corrected chi connectivity index (χ1v) is 5.88. The smallest absolute Gasteiger partial charge is 0.193 e. The van der Waals surface area contributed by atoms with Gasteiger partial charge in [0.1, 0.15) is 17.1 Å². The minimum absolute atomic E-state index is 0.0715. The summed E-state index contributed by atoms with van der Waals surface area (Å²) in [5.41, 5.74) is 1.50. The van der Waals surface area contributed by atoms with Crippen molar-refractivity contribution in [3.05, 3.63) is 65.2 Å². The predicted octanol–water partition coefficient (Wildman–Crippen LogP) is 3.30. The Morgan fingerprint density at radius 3 is 2.21 bits per heavy atom. The van der Waals surface area contributed by atoms with Gasteiger partial charge in [-0.2, -0.15) is 0 Å². The number of benzene rings is 2. The van der Waals surface area contributed by atoms with Crippen LogP contribution in [0, 0.1) is 6.92 Å². The van der Waals surface area contributed by atoms with Crippen LogP contribution in [0.1, 0.15) is 21.5 Å². The molecule has 0 atom stereocenters. The summed E-state index contributed by atoms with van der Waals surface area (Å²) in [6.45, 7) is 1.73. The van der Waals surface area contributed by atoms with Crippen LogP contribution in [0.4, 0.5) is 0 Å². The fraction of sp³-hybridized carbons (Fsp3) is 0.0625. The Morgan fingerprint density at radius 2 is 1.63 bits per heavy atom. The van der Waals surface area contributed by atoms with Gasteiger partial charge in [-0.05, 0) is 36.3 Å². The monoisotopic (exact) mass is 254 g/mol. The first kappa shape index (κ1) is 12.9. The molecule has 2 aromatic carbocycles. The van der Waals surface area contributed by atoms with Gasteiger partial charge in [-0.25, -0.2) is 0 Å². The molecule has 19 heavy (non-hydrogen) atoms.